The lowest BCUT2D eigenvalue weighted by Gasteiger charge is -2.40. The van der Waals surface area contributed by atoms with E-state index in [0.717, 1.165) is 18.8 Å². The molecular weight excluding hydrogens is 322 g/mol. The third-order valence-electron chi connectivity index (χ3n) is 4.56. The number of rotatable bonds is 7. The summed E-state index contributed by atoms with van der Waals surface area (Å²) in [5.41, 5.74) is 1.10. The van der Waals surface area contributed by atoms with Gasteiger partial charge in [0.15, 0.2) is 0 Å². The zero-order valence-corrected chi connectivity index (χ0v) is 14.7. The van der Waals surface area contributed by atoms with Crippen LogP contribution in [0.5, 0.6) is 0 Å². The van der Waals surface area contributed by atoms with E-state index >= 15 is 0 Å². The van der Waals surface area contributed by atoms with E-state index in [1.54, 1.807) is 17.2 Å². The Bertz CT molecular complexity index is 670. The maximum Gasteiger partial charge on any atom is 0.221 e. The summed E-state index contributed by atoms with van der Waals surface area (Å²) in [7, 11) is 1.94. The van der Waals surface area contributed by atoms with Crippen LogP contribution in [0.15, 0.2) is 24.9 Å². The number of ether oxygens (including phenoxy) is 1. The highest BCUT2D eigenvalue weighted by atomic mass is 16.5. The number of aryl methyl sites for hydroxylation is 2. The summed E-state index contributed by atoms with van der Waals surface area (Å²) in [5.74, 6) is -0.0171. The number of carbonyl (C=O) groups is 1. The first-order valence-corrected chi connectivity index (χ1v) is 8.61. The number of hydrogen-bond donors (Lipinski definition) is 1. The standard InChI is InChI=1S/C16H25N7O2/c1-3-22-8-9-25-14(16(22)13-4-6-19-21(13)2)10-18-15(24)5-7-23-12-17-11-20-23/h4,6,11-12,14,16H,3,5,7-10H2,1-2H3,(H,18,24)/t14-,16-/m0/s1. The van der Waals surface area contributed by atoms with Gasteiger partial charge in [-0.2, -0.15) is 10.2 Å². The minimum atomic E-state index is -0.0978. The maximum atomic E-state index is 12.1. The van der Waals surface area contributed by atoms with E-state index in [1.807, 2.05) is 17.8 Å². The summed E-state index contributed by atoms with van der Waals surface area (Å²) in [6.45, 7) is 5.61. The molecule has 0 unspecified atom stereocenters. The average Bonchev–Trinajstić information content (AvgIpc) is 3.29. The van der Waals surface area contributed by atoms with E-state index in [0.29, 0.717) is 26.1 Å². The summed E-state index contributed by atoms with van der Waals surface area (Å²) in [6.07, 6.45) is 5.13. The van der Waals surface area contributed by atoms with Crippen LogP contribution in [0.4, 0.5) is 0 Å². The van der Waals surface area contributed by atoms with Crippen LogP contribution < -0.4 is 5.32 Å². The minimum Gasteiger partial charge on any atom is -0.373 e. The summed E-state index contributed by atoms with van der Waals surface area (Å²) in [5, 5.41) is 11.3. The van der Waals surface area contributed by atoms with Gasteiger partial charge in [0.05, 0.1) is 31.0 Å². The second-order valence-corrected chi connectivity index (χ2v) is 6.07. The van der Waals surface area contributed by atoms with Crippen molar-refractivity contribution in [3.63, 3.8) is 0 Å². The zero-order chi connectivity index (χ0) is 17.6. The zero-order valence-electron chi connectivity index (χ0n) is 14.7. The molecule has 0 spiro atoms. The highest BCUT2D eigenvalue weighted by Gasteiger charge is 2.34. The van der Waals surface area contributed by atoms with Crippen molar-refractivity contribution < 1.29 is 9.53 Å². The molecule has 0 radical (unpaired) electrons. The van der Waals surface area contributed by atoms with Crippen LogP contribution in [-0.4, -0.2) is 67.7 Å². The molecule has 0 aromatic carbocycles. The lowest BCUT2D eigenvalue weighted by atomic mass is 10.0. The van der Waals surface area contributed by atoms with Gasteiger partial charge in [-0.1, -0.05) is 6.92 Å². The number of nitrogens with zero attached hydrogens (tertiary/aromatic N) is 6. The van der Waals surface area contributed by atoms with Crippen molar-refractivity contribution in [3.8, 4) is 0 Å². The smallest absolute Gasteiger partial charge is 0.221 e. The fourth-order valence-corrected chi connectivity index (χ4v) is 3.23. The molecule has 136 valence electrons. The van der Waals surface area contributed by atoms with Gasteiger partial charge in [-0.3, -0.25) is 19.1 Å². The molecule has 9 heteroatoms. The van der Waals surface area contributed by atoms with Gasteiger partial charge in [0, 0.05) is 32.8 Å². The van der Waals surface area contributed by atoms with E-state index in [-0.39, 0.29) is 18.1 Å². The Labute approximate surface area is 147 Å². The molecule has 0 saturated carbocycles. The Morgan fingerprint density at radius 2 is 2.32 bits per heavy atom. The molecule has 9 nitrogen and oxygen atoms in total. The SMILES string of the molecule is CCN1CCO[C@@H](CNC(=O)CCn2cncn2)[C@@H]1c1ccnn1C. The second kappa shape index (κ2) is 8.21. The number of hydrogen-bond acceptors (Lipinski definition) is 6. The van der Waals surface area contributed by atoms with Gasteiger partial charge < -0.3 is 10.1 Å². The fraction of sp³-hybridized carbons (Fsp3) is 0.625. The van der Waals surface area contributed by atoms with Gasteiger partial charge in [-0.25, -0.2) is 4.98 Å². The van der Waals surface area contributed by atoms with Crippen molar-refractivity contribution in [2.24, 2.45) is 7.05 Å². The molecule has 1 saturated heterocycles. The van der Waals surface area contributed by atoms with Crippen LogP contribution in [0.3, 0.4) is 0 Å². The molecular formula is C16H25N7O2. The van der Waals surface area contributed by atoms with Gasteiger partial charge >= 0.3 is 0 Å². The summed E-state index contributed by atoms with van der Waals surface area (Å²) >= 11 is 0. The Hall–Kier alpha value is -2.26. The average molecular weight is 347 g/mol. The predicted octanol–water partition coefficient (Wildman–Crippen LogP) is -0.0201. The maximum absolute atomic E-state index is 12.1. The van der Waals surface area contributed by atoms with Crippen LogP contribution in [0, 0.1) is 0 Å². The molecule has 1 aliphatic rings. The first kappa shape index (κ1) is 17.6. The van der Waals surface area contributed by atoms with Crippen molar-refractivity contribution in [2.75, 3.05) is 26.2 Å². The molecule has 25 heavy (non-hydrogen) atoms. The van der Waals surface area contributed by atoms with Gasteiger partial charge in [-0.15, -0.1) is 0 Å². The van der Waals surface area contributed by atoms with Gasteiger partial charge in [0.25, 0.3) is 0 Å². The van der Waals surface area contributed by atoms with Crippen molar-refractivity contribution in [3.05, 3.63) is 30.6 Å². The highest BCUT2D eigenvalue weighted by Crippen LogP contribution is 2.28. The van der Waals surface area contributed by atoms with Crippen LogP contribution >= 0.6 is 0 Å². The van der Waals surface area contributed by atoms with E-state index in [1.165, 1.54) is 6.33 Å². The van der Waals surface area contributed by atoms with Gasteiger partial charge in [-0.05, 0) is 12.6 Å². The molecule has 2 aromatic rings. The number of amides is 1. The minimum absolute atomic E-state index is 0.0171. The molecule has 3 rings (SSSR count). The van der Waals surface area contributed by atoms with Crippen molar-refractivity contribution >= 4 is 5.91 Å². The molecule has 0 bridgehead atoms. The lowest BCUT2D eigenvalue weighted by molar-refractivity contribution is -0.123. The topological polar surface area (TPSA) is 90.1 Å². The van der Waals surface area contributed by atoms with Crippen molar-refractivity contribution in [2.45, 2.75) is 32.0 Å². The summed E-state index contributed by atoms with van der Waals surface area (Å²) in [4.78, 5) is 18.4. The summed E-state index contributed by atoms with van der Waals surface area (Å²) < 4.78 is 9.50. The quantitative estimate of drug-likeness (QED) is 0.757. The first-order valence-electron chi connectivity index (χ1n) is 8.61. The number of morpholine rings is 1. The third-order valence-corrected chi connectivity index (χ3v) is 4.56. The van der Waals surface area contributed by atoms with Crippen LogP contribution in [0.25, 0.3) is 0 Å². The molecule has 1 fully saturated rings. The predicted molar refractivity (Wildman–Crippen MR) is 90.6 cm³/mol. The highest BCUT2D eigenvalue weighted by molar-refractivity contribution is 5.75. The van der Waals surface area contributed by atoms with Crippen molar-refractivity contribution in [1.29, 1.82) is 0 Å². The van der Waals surface area contributed by atoms with E-state index in [9.17, 15) is 4.79 Å². The van der Waals surface area contributed by atoms with Gasteiger partial charge in [0.2, 0.25) is 5.91 Å². The van der Waals surface area contributed by atoms with Crippen molar-refractivity contribution in [1.82, 2.24) is 34.8 Å². The Morgan fingerprint density at radius 1 is 1.44 bits per heavy atom. The fourth-order valence-electron chi connectivity index (χ4n) is 3.23. The van der Waals surface area contributed by atoms with Gasteiger partial charge in [0.1, 0.15) is 12.7 Å². The Balaban J connectivity index is 1.59. The second-order valence-electron chi connectivity index (χ2n) is 6.07. The van der Waals surface area contributed by atoms with E-state index in [4.69, 9.17) is 4.74 Å². The Morgan fingerprint density at radius 3 is 3.00 bits per heavy atom. The normalized spacial score (nSPS) is 21.4. The number of carbonyl (C=O) groups excluding carboxylic acids is 1. The van der Waals surface area contributed by atoms with Crippen LogP contribution in [-0.2, 0) is 23.1 Å². The molecule has 3 heterocycles. The number of nitrogens with one attached hydrogen (secondary N) is 1. The first-order chi connectivity index (χ1) is 12.2. The van der Waals surface area contributed by atoms with E-state index < -0.39 is 0 Å². The lowest BCUT2D eigenvalue weighted by Crippen LogP contribution is -2.50. The Kier molecular flexibility index (Phi) is 5.77. The number of aromatic nitrogens is 5. The number of likely N-dealkylation sites (N-methyl/N-ethyl adjacent to an activating group) is 1. The molecule has 1 aliphatic heterocycles. The molecule has 2 atom stereocenters. The molecule has 1 amide bonds. The molecule has 2 aromatic heterocycles. The largest absolute Gasteiger partial charge is 0.373 e. The van der Waals surface area contributed by atoms with E-state index in [2.05, 4.69) is 32.3 Å². The van der Waals surface area contributed by atoms with Crippen LogP contribution in [0.1, 0.15) is 25.1 Å². The monoisotopic (exact) mass is 347 g/mol. The van der Waals surface area contributed by atoms with Crippen LogP contribution in [0.2, 0.25) is 0 Å². The molecule has 0 aliphatic carbocycles. The summed E-state index contributed by atoms with van der Waals surface area (Å²) in [6, 6.07) is 2.10. The third kappa shape index (κ3) is 4.23. The molecule has 1 N–H and O–H groups in total.